The van der Waals surface area contributed by atoms with Crippen LogP contribution in [0.2, 0.25) is 0 Å². The molecule has 1 saturated carbocycles. The molecular weight excluding hydrogens is 256 g/mol. The Morgan fingerprint density at radius 3 is 2.75 bits per heavy atom. The molecule has 112 valence electrons. The number of urea groups is 1. The van der Waals surface area contributed by atoms with Gasteiger partial charge in [-0.15, -0.1) is 0 Å². The van der Waals surface area contributed by atoms with Gasteiger partial charge in [-0.1, -0.05) is 0 Å². The minimum Gasteiger partial charge on any atom is -0.376 e. The van der Waals surface area contributed by atoms with Gasteiger partial charge in [-0.25, -0.2) is 4.79 Å². The molecule has 6 heteroatoms. The second-order valence-corrected chi connectivity index (χ2v) is 5.48. The number of hydrogen-bond donors (Lipinski definition) is 2. The standard InChI is InChI=1S/C14H24N4O2/c1-11-12(9-17-18(11)2)5-8-15-13(19)16-10-14(20-3)6-4-7-14/h9H,4-8,10H2,1-3H3,(H2,15,16,19). The number of amides is 2. The van der Waals surface area contributed by atoms with Crippen molar-refractivity contribution in [2.24, 2.45) is 7.05 Å². The molecule has 0 aromatic carbocycles. The maximum atomic E-state index is 11.7. The molecule has 1 fully saturated rings. The van der Waals surface area contributed by atoms with E-state index in [9.17, 15) is 4.79 Å². The Morgan fingerprint density at radius 2 is 2.25 bits per heavy atom. The lowest BCUT2D eigenvalue weighted by molar-refractivity contribution is -0.0673. The molecule has 0 atom stereocenters. The van der Waals surface area contributed by atoms with Crippen molar-refractivity contribution < 1.29 is 9.53 Å². The zero-order valence-electron chi connectivity index (χ0n) is 12.5. The summed E-state index contributed by atoms with van der Waals surface area (Å²) >= 11 is 0. The molecule has 1 aromatic heterocycles. The topological polar surface area (TPSA) is 68.2 Å². The molecule has 1 aromatic rings. The highest BCUT2D eigenvalue weighted by Crippen LogP contribution is 2.34. The van der Waals surface area contributed by atoms with Gasteiger partial charge in [0.1, 0.15) is 0 Å². The summed E-state index contributed by atoms with van der Waals surface area (Å²) in [6.45, 7) is 3.22. The van der Waals surface area contributed by atoms with E-state index in [1.54, 1.807) is 7.11 Å². The van der Waals surface area contributed by atoms with E-state index in [-0.39, 0.29) is 11.6 Å². The molecule has 1 aliphatic carbocycles. The molecule has 0 unspecified atom stereocenters. The number of aryl methyl sites for hydroxylation is 1. The quantitative estimate of drug-likeness (QED) is 0.821. The number of nitrogens with zero attached hydrogens (tertiary/aromatic N) is 2. The van der Waals surface area contributed by atoms with E-state index in [1.165, 1.54) is 12.0 Å². The first-order valence-corrected chi connectivity index (χ1v) is 7.11. The molecule has 2 rings (SSSR count). The van der Waals surface area contributed by atoms with E-state index in [1.807, 2.05) is 24.9 Å². The molecule has 2 amide bonds. The molecule has 0 aliphatic heterocycles. The number of ether oxygens (including phenoxy) is 1. The van der Waals surface area contributed by atoms with Gasteiger partial charge in [-0.05, 0) is 38.2 Å². The van der Waals surface area contributed by atoms with Gasteiger partial charge in [0.25, 0.3) is 0 Å². The monoisotopic (exact) mass is 280 g/mol. The highest BCUT2D eigenvalue weighted by molar-refractivity contribution is 5.73. The highest BCUT2D eigenvalue weighted by Gasteiger charge is 2.37. The second-order valence-electron chi connectivity index (χ2n) is 5.48. The Balaban J connectivity index is 1.66. The van der Waals surface area contributed by atoms with Crippen molar-refractivity contribution >= 4 is 6.03 Å². The fraction of sp³-hybridized carbons (Fsp3) is 0.714. The molecule has 0 spiro atoms. The second kappa shape index (κ2) is 6.26. The van der Waals surface area contributed by atoms with Gasteiger partial charge in [0.15, 0.2) is 0 Å². The van der Waals surface area contributed by atoms with E-state index in [0.29, 0.717) is 13.1 Å². The third kappa shape index (κ3) is 3.30. The lowest BCUT2D eigenvalue weighted by Crippen LogP contribution is -2.51. The van der Waals surface area contributed by atoms with Gasteiger partial charge in [-0.2, -0.15) is 5.10 Å². The third-order valence-corrected chi connectivity index (χ3v) is 4.29. The van der Waals surface area contributed by atoms with Crippen molar-refractivity contribution in [2.45, 2.75) is 38.2 Å². The predicted molar refractivity (Wildman–Crippen MR) is 76.6 cm³/mol. The Morgan fingerprint density at radius 1 is 1.50 bits per heavy atom. The van der Waals surface area contributed by atoms with Crippen LogP contribution in [0.3, 0.4) is 0 Å². The first-order chi connectivity index (χ1) is 9.56. The molecule has 2 N–H and O–H groups in total. The van der Waals surface area contributed by atoms with E-state index in [0.717, 1.165) is 25.0 Å². The number of methoxy groups -OCH3 is 1. The van der Waals surface area contributed by atoms with Crippen LogP contribution in [0, 0.1) is 6.92 Å². The van der Waals surface area contributed by atoms with Gasteiger partial charge in [0, 0.05) is 32.9 Å². The maximum absolute atomic E-state index is 11.7. The van der Waals surface area contributed by atoms with Crippen molar-refractivity contribution in [1.82, 2.24) is 20.4 Å². The summed E-state index contributed by atoms with van der Waals surface area (Å²) in [5.74, 6) is 0. The van der Waals surface area contributed by atoms with Crippen molar-refractivity contribution in [1.29, 1.82) is 0 Å². The van der Waals surface area contributed by atoms with Crippen LogP contribution in [0.5, 0.6) is 0 Å². The van der Waals surface area contributed by atoms with Crippen molar-refractivity contribution in [3.63, 3.8) is 0 Å². The van der Waals surface area contributed by atoms with E-state index in [2.05, 4.69) is 15.7 Å². The number of hydrogen-bond acceptors (Lipinski definition) is 3. The van der Waals surface area contributed by atoms with Gasteiger partial charge >= 0.3 is 6.03 Å². The summed E-state index contributed by atoms with van der Waals surface area (Å²) in [5, 5.41) is 9.94. The first-order valence-electron chi connectivity index (χ1n) is 7.11. The lowest BCUT2D eigenvalue weighted by Gasteiger charge is -2.40. The molecule has 1 aliphatic rings. The molecule has 0 radical (unpaired) electrons. The van der Waals surface area contributed by atoms with Crippen LogP contribution in [0.1, 0.15) is 30.5 Å². The van der Waals surface area contributed by atoms with Crippen LogP contribution in [0.25, 0.3) is 0 Å². The van der Waals surface area contributed by atoms with Gasteiger partial charge < -0.3 is 15.4 Å². The highest BCUT2D eigenvalue weighted by atomic mass is 16.5. The molecule has 6 nitrogen and oxygen atoms in total. The number of carbonyl (C=O) groups is 1. The summed E-state index contributed by atoms with van der Waals surface area (Å²) in [6, 6.07) is -0.130. The summed E-state index contributed by atoms with van der Waals surface area (Å²) in [4.78, 5) is 11.7. The van der Waals surface area contributed by atoms with Crippen molar-refractivity contribution in [2.75, 3.05) is 20.2 Å². The third-order valence-electron chi connectivity index (χ3n) is 4.29. The normalized spacial score (nSPS) is 16.6. The lowest BCUT2D eigenvalue weighted by atomic mass is 9.80. The fourth-order valence-electron chi connectivity index (χ4n) is 2.43. The van der Waals surface area contributed by atoms with Gasteiger partial charge in [0.2, 0.25) is 0 Å². The van der Waals surface area contributed by atoms with Gasteiger partial charge in [-0.3, -0.25) is 4.68 Å². The van der Waals surface area contributed by atoms with Crippen molar-refractivity contribution in [3.05, 3.63) is 17.5 Å². The van der Waals surface area contributed by atoms with E-state index >= 15 is 0 Å². The average molecular weight is 280 g/mol. The van der Waals surface area contributed by atoms with E-state index < -0.39 is 0 Å². The molecule has 0 saturated heterocycles. The summed E-state index contributed by atoms with van der Waals surface area (Å²) in [7, 11) is 3.63. The molecule has 20 heavy (non-hydrogen) atoms. The van der Waals surface area contributed by atoms with Crippen LogP contribution >= 0.6 is 0 Å². The van der Waals surface area contributed by atoms with Crippen molar-refractivity contribution in [3.8, 4) is 0 Å². The summed E-state index contributed by atoms with van der Waals surface area (Å²) in [6.07, 6.45) is 5.88. The molecule has 0 bridgehead atoms. The SMILES string of the molecule is COC1(CNC(=O)NCCc2cnn(C)c2C)CCC1. The first kappa shape index (κ1) is 14.8. The zero-order valence-corrected chi connectivity index (χ0v) is 12.5. The van der Waals surface area contributed by atoms with Crippen LogP contribution in [0.4, 0.5) is 4.79 Å². The molecular formula is C14H24N4O2. The summed E-state index contributed by atoms with van der Waals surface area (Å²) in [5.41, 5.74) is 2.18. The number of carbonyl (C=O) groups excluding carboxylic acids is 1. The van der Waals surface area contributed by atoms with Crippen LogP contribution in [0.15, 0.2) is 6.20 Å². The maximum Gasteiger partial charge on any atom is 0.314 e. The average Bonchev–Trinajstić information content (AvgIpc) is 2.70. The van der Waals surface area contributed by atoms with Crippen LogP contribution in [-0.2, 0) is 18.2 Å². The number of aromatic nitrogens is 2. The predicted octanol–water partition coefficient (Wildman–Crippen LogP) is 1.14. The largest absolute Gasteiger partial charge is 0.376 e. The van der Waals surface area contributed by atoms with Crippen LogP contribution < -0.4 is 10.6 Å². The van der Waals surface area contributed by atoms with Gasteiger partial charge in [0.05, 0.1) is 11.8 Å². The fourth-order valence-corrected chi connectivity index (χ4v) is 2.43. The number of rotatable bonds is 6. The molecule has 1 heterocycles. The van der Waals surface area contributed by atoms with Crippen LogP contribution in [-0.4, -0.2) is 41.6 Å². The smallest absolute Gasteiger partial charge is 0.314 e. The zero-order chi connectivity index (χ0) is 14.6. The Hall–Kier alpha value is -1.56. The Labute approximate surface area is 119 Å². The van der Waals surface area contributed by atoms with E-state index in [4.69, 9.17) is 4.74 Å². The summed E-state index contributed by atoms with van der Waals surface area (Å²) < 4.78 is 7.30. The number of nitrogens with one attached hydrogen (secondary N) is 2. The minimum atomic E-state index is -0.130. The minimum absolute atomic E-state index is 0.128. The Bertz CT molecular complexity index is 460. The Kier molecular flexibility index (Phi) is 4.65.